The highest BCUT2D eigenvalue weighted by molar-refractivity contribution is 6.33. The molecule has 0 aliphatic heterocycles. The predicted octanol–water partition coefficient (Wildman–Crippen LogP) is 2.44. The molecular weight excluding hydrogens is 294 g/mol. The van der Waals surface area contributed by atoms with Crippen molar-refractivity contribution in [3.63, 3.8) is 0 Å². The van der Waals surface area contributed by atoms with E-state index in [0.29, 0.717) is 33.7 Å². The Balaban J connectivity index is 2.01. The molecule has 2 N–H and O–H groups in total. The summed E-state index contributed by atoms with van der Waals surface area (Å²) in [5.74, 6) is 0.984. The second kappa shape index (κ2) is 5.37. The van der Waals surface area contributed by atoms with Crippen LogP contribution in [0.4, 0.5) is 5.69 Å². The van der Waals surface area contributed by atoms with Crippen molar-refractivity contribution in [2.45, 2.75) is 0 Å². The highest BCUT2D eigenvalue weighted by Crippen LogP contribution is 2.29. The third-order valence-electron chi connectivity index (χ3n) is 2.73. The molecule has 3 aromatic rings. The van der Waals surface area contributed by atoms with Gasteiger partial charge in [-0.3, -0.25) is 0 Å². The van der Waals surface area contributed by atoms with Crippen molar-refractivity contribution in [1.82, 2.24) is 20.1 Å². The van der Waals surface area contributed by atoms with Gasteiger partial charge in [0.1, 0.15) is 12.0 Å². The van der Waals surface area contributed by atoms with Crippen molar-refractivity contribution in [1.29, 1.82) is 0 Å². The number of halogens is 1. The van der Waals surface area contributed by atoms with Crippen LogP contribution in [-0.2, 0) is 0 Å². The smallest absolute Gasteiger partial charge is 0.259 e. The number of nitrogen functional groups attached to an aromatic ring is 1. The van der Waals surface area contributed by atoms with E-state index < -0.39 is 0 Å². The Kier molecular flexibility index (Phi) is 3.41. The number of methoxy groups -OCH3 is 1. The largest absolute Gasteiger partial charge is 0.481 e. The molecule has 0 spiro atoms. The summed E-state index contributed by atoms with van der Waals surface area (Å²) in [6.45, 7) is 0. The van der Waals surface area contributed by atoms with E-state index in [1.807, 2.05) is 0 Å². The minimum absolute atomic E-state index is 0.264. The number of nitrogens with two attached hydrogens (primary N) is 1. The summed E-state index contributed by atoms with van der Waals surface area (Å²) < 4.78 is 10.2. The van der Waals surface area contributed by atoms with Gasteiger partial charge < -0.3 is 15.0 Å². The van der Waals surface area contributed by atoms with Crippen LogP contribution < -0.4 is 10.5 Å². The Morgan fingerprint density at radius 1 is 1.24 bits per heavy atom. The molecule has 0 atom stereocenters. The maximum absolute atomic E-state index is 6.10. The molecule has 0 amide bonds. The predicted molar refractivity (Wildman–Crippen MR) is 76.7 cm³/mol. The molecule has 3 rings (SSSR count). The van der Waals surface area contributed by atoms with E-state index >= 15 is 0 Å². The van der Waals surface area contributed by atoms with E-state index in [4.69, 9.17) is 26.6 Å². The fourth-order valence-corrected chi connectivity index (χ4v) is 1.92. The normalized spacial score (nSPS) is 10.6. The number of benzene rings is 1. The van der Waals surface area contributed by atoms with Crippen molar-refractivity contribution in [3.05, 3.63) is 35.6 Å². The minimum Gasteiger partial charge on any atom is -0.481 e. The monoisotopic (exact) mass is 303 g/mol. The molecule has 0 radical (unpaired) electrons. The molecule has 0 bridgehead atoms. The van der Waals surface area contributed by atoms with Gasteiger partial charge in [-0.2, -0.15) is 4.98 Å². The maximum atomic E-state index is 6.10. The van der Waals surface area contributed by atoms with Crippen LogP contribution in [0, 0.1) is 0 Å². The minimum atomic E-state index is 0.264. The first-order chi connectivity index (χ1) is 10.2. The summed E-state index contributed by atoms with van der Waals surface area (Å²) in [7, 11) is 1.51. The first kappa shape index (κ1) is 13.3. The molecule has 21 heavy (non-hydrogen) atoms. The lowest BCUT2D eigenvalue weighted by Crippen LogP contribution is -1.92. The van der Waals surface area contributed by atoms with Crippen LogP contribution in [0.1, 0.15) is 0 Å². The molecule has 8 heteroatoms. The zero-order chi connectivity index (χ0) is 14.8. The molecule has 0 saturated carbocycles. The summed E-state index contributed by atoms with van der Waals surface area (Å²) in [4.78, 5) is 12.3. The molecule has 0 aliphatic carbocycles. The number of ether oxygens (including phenoxy) is 1. The zero-order valence-electron chi connectivity index (χ0n) is 10.9. The van der Waals surface area contributed by atoms with Crippen molar-refractivity contribution < 1.29 is 9.26 Å². The van der Waals surface area contributed by atoms with Gasteiger partial charge in [-0.15, -0.1) is 0 Å². The molecule has 2 aromatic heterocycles. The van der Waals surface area contributed by atoms with Crippen LogP contribution in [0.5, 0.6) is 5.88 Å². The second-order valence-corrected chi connectivity index (χ2v) is 4.52. The maximum Gasteiger partial charge on any atom is 0.259 e. The molecule has 1 aromatic carbocycles. The SMILES string of the molecule is COc1cc(-c2noc(-c3cc(N)ccc3Cl)n2)ncn1. The van der Waals surface area contributed by atoms with E-state index in [1.54, 1.807) is 24.3 Å². The summed E-state index contributed by atoms with van der Waals surface area (Å²) in [6, 6.07) is 6.64. The number of hydrogen-bond donors (Lipinski definition) is 1. The van der Waals surface area contributed by atoms with Gasteiger partial charge in [-0.25, -0.2) is 9.97 Å². The van der Waals surface area contributed by atoms with Gasteiger partial charge >= 0.3 is 0 Å². The summed E-state index contributed by atoms with van der Waals surface area (Å²) in [5, 5.41) is 4.35. The quantitative estimate of drug-likeness (QED) is 0.742. The van der Waals surface area contributed by atoms with Gasteiger partial charge in [0.15, 0.2) is 0 Å². The third kappa shape index (κ3) is 2.63. The Morgan fingerprint density at radius 3 is 2.90 bits per heavy atom. The lowest BCUT2D eigenvalue weighted by atomic mass is 10.2. The number of hydrogen-bond acceptors (Lipinski definition) is 7. The van der Waals surface area contributed by atoms with Gasteiger partial charge in [-0.1, -0.05) is 16.8 Å². The van der Waals surface area contributed by atoms with E-state index in [1.165, 1.54) is 13.4 Å². The summed E-state index contributed by atoms with van der Waals surface area (Å²) in [6.07, 6.45) is 1.36. The van der Waals surface area contributed by atoms with Crippen LogP contribution in [0.15, 0.2) is 35.1 Å². The lowest BCUT2D eigenvalue weighted by molar-refractivity contribution is 0.397. The molecule has 0 unspecified atom stereocenters. The van der Waals surface area contributed by atoms with Crippen LogP contribution in [0.25, 0.3) is 23.0 Å². The highest BCUT2D eigenvalue weighted by Gasteiger charge is 2.15. The Bertz CT molecular complexity index is 790. The second-order valence-electron chi connectivity index (χ2n) is 4.11. The Hall–Kier alpha value is -2.67. The molecule has 0 aliphatic rings. The van der Waals surface area contributed by atoms with Crippen LogP contribution in [0.3, 0.4) is 0 Å². The van der Waals surface area contributed by atoms with Gasteiger partial charge in [0.2, 0.25) is 11.7 Å². The van der Waals surface area contributed by atoms with E-state index in [-0.39, 0.29) is 5.89 Å². The average Bonchev–Trinajstić information content (AvgIpc) is 2.99. The van der Waals surface area contributed by atoms with E-state index in [9.17, 15) is 0 Å². The Labute approximate surface area is 124 Å². The first-order valence-corrected chi connectivity index (χ1v) is 6.30. The number of rotatable bonds is 3. The van der Waals surface area contributed by atoms with Crippen LogP contribution in [0.2, 0.25) is 5.02 Å². The zero-order valence-corrected chi connectivity index (χ0v) is 11.7. The van der Waals surface area contributed by atoms with Crippen molar-refractivity contribution in [2.75, 3.05) is 12.8 Å². The highest BCUT2D eigenvalue weighted by atomic mass is 35.5. The fraction of sp³-hybridized carbons (Fsp3) is 0.0769. The van der Waals surface area contributed by atoms with E-state index in [0.717, 1.165) is 0 Å². The number of nitrogens with zero attached hydrogens (tertiary/aromatic N) is 4. The standard InChI is InChI=1S/C13H10ClN5O2/c1-20-11-5-10(16-6-17-11)12-18-13(21-19-12)8-4-7(15)2-3-9(8)14/h2-6H,15H2,1H3. The molecule has 0 saturated heterocycles. The van der Waals surface area contributed by atoms with Crippen LogP contribution >= 0.6 is 11.6 Å². The molecule has 0 fully saturated rings. The van der Waals surface area contributed by atoms with Crippen molar-refractivity contribution in [2.24, 2.45) is 0 Å². The van der Waals surface area contributed by atoms with Crippen LogP contribution in [-0.4, -0.2) is 27.2 Å². The summed E-state index contributed by atoms with van der Waals surface area (Å²) >= 11 is 6.10. The molecule has 106 valence electrons. The summed E-state index contributed by atoms with van der Waals surface area (Å²) in [5.41, 5.74) is 7.34. The first-order valence-electron chi connectivity index (χ1n) is 5.93. The van der Waals surface area contributed by atoms with E-state index in [2.05, 4.69) is 20.1 Å². The number of aromatic nitrogens is 4. The lowest BCUT2D eigenvalue weighted by Gasteiger charge is -1.99. The van der Waals surface area contributed by atoms with Gasteiger partial charge in [0.05, 0.1) is 17.7 Å². The fourth-order valence-electron chi connectivity index (χ4n) is 1.72. The van der Waals surface area contributed by atoms with Crippen molar-refractivity contribution in [3.8, 4) is 28.9 Å². The average molecular weight is 304 g/mol. The molecular formula is C13H10ClN5O2. The number of anilines is 1. The molecule has 7 nitrogen and oxygen atoms in total. The topological polar surface area (TPSA) is 100.0 Å². The molecule has 2 heterocycles. The van der Waals surface area contributed by atoms with Gasteiger partial charge in [-0.05, 0) is 18.2 Å². The van der Waals surface area contributed by atoms with Crippen molar-refractivity contribution >= 4 is 17.3 Å². The van der Waals surface area contributed by atoms with Gasteiger partial charge in [0.25, 0.3) is 5.89 Å². The third-order valence-corrected chi connectivity index (χ3v) is 3.06. The Morgan fingerprint density at radius 2 is 2.10 bits per heavy atom. The van der Waals surface area contributed by atoms with Gasteiger partial charge in [0, 0.05) is 11.8 Å².